The van der Waals surface area contributed by atoms with Crippen molar-refractivity contribution in [2.45, 2.75) is 6.92 Å². The molecule has 144 valence electrons. The lowest BCUT2D eigenvalue weighted by molar-refractivity contribution is -0.115. The Kier molecular flexibility index (Phi) is 6.40. The normalized spacial score (nSPS) is 10.8. The summed E-state index contributed by atoms with van der Waals surface area (Å²) in [5, 5.41) is 5.24. The molecule has 9 heteroatoms. The first-order valence-electron chi connectivity index (χ1n) is 7.98. The van der Waals surface area contributed by atoms with E-state index in [1.807, 2.05) is 0 Å². The summed E-state index contributed by atoms with van der Waals surface area (Å²) in [4.78, 5) is 23.5. The maximum Gasteiger partial charge on any atom is 0.245 e. The lowest BCUT2D eigenvalue weighted by Gasteiger charge is -2.22. The Morgan fingerprint density at radius 1 is 1.04 bits per heavy atom. The zero-order chi connectivity index (χ0) is 20.0. The molecular weight excluding hydrogens is 370 g/mol. The second kappa shape index (κ2) is 8.54. The third kappa shape index (κ3) is 6.00. The molecule has 0 heterocycles. The van der Waals surface area contributed by atoms with Crippen molar-refractivity contribution in [3.8, 4) is 5.75 Å². The zero-order valence-corrected chi connectivity index (χ0v) is 16.0. The molecule has 0 fully saturated rings. The first-order chi connectivity index (χ1) is 12.7. The Balaban J connectivity index is 2.15. The van der Waals surface area contributed by atoms with E-state index >= 15 is 0 Å². The number of amides is 2. The van der Waals surface area contributed by atoms with Gasteiger partial charge < -0.3 is 15.4 Å². The monoisotopic (exact) mass is 391 g/mol. The van der Waals surface area contributed by atoms with E-state index in [0.29, 0.717) is 22.8 Å². The van der Waals surface area contributed by atoms with Crippen molar-refractivity contribution >= 4 is 38.9 Å². The van der Waals surface area contributed by atoms with Gasteiger partial charge in [0.25, 0.3) is 0 Å². The van der Waals surface area contributed by atoms with Crippen molar-refractivity contribution in [1.29, 1.82) is 0 Å². The predicted octanol–water partition coefficient (Wildman–Crippen LogP) is 2.06. The molecule has 0 aliphatic carbocycles. The van der Waals surface area contributed by atoms with Crippen LogP contribution in [0.3, 0.4) is 0 Å². The highest BCUT2D eigenvalue weighted by Gasteiger charge is 2.21. The molecule has 2 rings (SSSR count). The topological polar surface area (TPSA) is 105 Å². The quantitative estimate of drug-likeness (QED) is 0.752. The Bertz CT molecular complexity index is 926. The van der Waals surface area contributed by atoms with Crippen LogP contribution in [-0.2, 0) is 19.6 Å². The van der Waals surface area contributed by atoms with Gasteiger partial charge in [0.1, 0.15) is 12.3 Å². The molecule has 2 aromatic carbocycles. The van der Waals surface area contributed by atoms with Crippen molar-refractivity contribution < 1.29 is 22.7 Å². The number of anilines is 3. The fourth-order valence-corrected chi connectivity index (χ4v) is 3.21. The third-order valence-electron chi connectivity index (χ3n) is 3.51. The molecular formula is C18H21N3O5S. The molecule has 2 N–H and O–H groups in total. The molecule has 2 amide bonds. The summed E-state index contributed by atoms with van der Waals surface area (Å²) in [6.45, 7) is 0.986. The summed E-state index contributed by atoms with van der Waals surface area (Å²) in [7, 11) is -2.17. The molecule has 0 atom stereocenters. The molecule has 0 aliphatic heterocycles. The van der Waals surface area contributed by atoms with Crippen LogP contribution in [0.1, 0.15) is 6.92 Å². The van der Waals surface area contributed by atoms with E-state index in [4.69, 9.17) is 4.74 Å². The van der Waals surface area contributed by atoms with Crippen LogP contribution in [0.4, 0.5) is 17.1 Å². The molecule has 8 nitrogen and oxygen atoms in total. The van der Waals surface area contributed by atoms with Gasteiger partial charge in [-0.05, 0) is 42.5 Å². The van der Waals surface area contributed by atoms with Crippen LogP contribution in [0, 0.1) is 0 Å². The van der Waals surface area contributed by atoms with Gasteiger partial charge >= 0.3 is 0 Å². The van der Waals surface area contributed by atoms with Crippen molar-refractivity contribution in [3.63, 3.8) is 0 Å². The molecule has 2 aromatic rings. The van der Waals surface area contributed by atoms with Crippen LogP contribution < -0.4 is 19.7 Å². The van der Waals surface area contributed by atoms with Gasteiger partial charge in [-0.25, -0.2) is 8.42 Å². The number of nitrogens with one attached hydrogen (secondary N) is 2. The second-order valence-electron chi connectivity index (χ2n) is 5.78. The smallest absolute Gasteiger partial charge is 0.245 e. The molecule has 0 saturated heterocycles. The van der Waals surface area contributed by atoms with Gasteiger partial charge in [-0.2, -0.15) is 0 Å². The molecule has 0 bridgehead atoms. The van der Waals surface area contributed by atoms with E-state index in [-0.39, 0.29) is 5.91 Å². The van der Waals surface area contributed by atoms with Gasteiger partial charge in [0.2, 0.25) is 21.8 Å². The lowest BCUT2D eigenvalue weighted by Crippen LogP contribution is -2.37. The number of ether oxygens (including phenoxy) is 1. The minimum atomic E-state index is -3.67. The molecule has 0 aliphatic rings. The molecule has 0 saturated carbocycles. The van der Waals surface area contributed by atoms with E-state index in [1.54, 1.807) is 48.5 Å². The van der Waals surface area contributed by atoms with Gasteiger partial charge in [-0.1, -0.05) is 6.07 Å². The van der Waals surface area contributed by atoms with Crippen molar-refractivity contribution in [1.82, 2.24) is 0 Å². The minimum Gasteiger partial charge on any atom is -0.497 e. The van der Waals surface area contributed by atoms with Crippen LogP contribution in [0.25, 0.3) is 0 Å². The third-order valence-corrected chi connectivity index (χ3v) is 4.66. The molecule has 0 radical (unpaired) electrons. The standard InChI is InChI=1S/C18H21N3O5S/c1-13(22)19-14-5-4-6-15(11-14)20-18(23)12-21(27(3,24)25)16-7-9-17(26-2)10-8-16/h4-11H,12H2,1-3H3,(H,19,22)(H,20,23). The average Bonchev–Trinajstić information content (AvgIpc) is 2.58. The number of hydrogen-bond acceptors (Lipinski definition) is 5. The zero-order valence-electron chi connectivity index (χ0n) is 15.2. The fraction of sp³-hybridized carbons (Fsp3) is 0.222. The Labute approximate surface area is 158 Å². The number of methoxy groups -OCH3 is 1. The highest BCUT2D eigenvalue weighted by Crippen LogP contribution is 2.22. The summed E-state index contributed by atoms with van der Waals surface area (Å²) in [5.41, 5.74) is 1.31. The van der Waals surface area contributed by atoms with E-state index in [1.165, 1.54) is 14.0 Å². The highest BCUT2D eigenvalue weighted by molar-refractivity contribution is 7.92. The summed E-state index contributed by atoms with van der Waals surface area (Å²) in [6, 6.07) is 12.9. The Morgan fingerprint density at radius 3 is 2.15 bits per heavy atom. The number of carbonyl (C=O) groups excluding carboxylic acids is 2. The summed E-state index contributed by atoms with van der Waals surface area (Å²) in [5.74, 6) is -0.177. The maximum atomic E-state index is 12.4. The number of carbonyl (C=O) groups is 2. The van der Waals surface area contributed by atoms with Gasteiger partial charge in [0, 0.05) is 18.3 Å². The molecule has 0 spiro atoms. The number of rotatable bonds is 7. The van der Waals surface area contributed by atoms with Crippen molar-refractivity contribution in [2.75, 3.05) is 34.8 Å². The molecule has 27 heavy (non-hydrogen) atoms. The summed E-state index contributed by atoms with van der Waals surface area (Å²) in [6.07, 6.45) is 1.03. The number of hydrogen-bond donors (Lipinski definition) is 2. The van der Waals surface area contributed by atoms with E-state index < -0.39 is 22.5 Å². The molecule has 0 unspecified atom stereocenters. The summed E-state index contributed by atoms with van der Waals surface area (Å²) >= 11 is 0. The van der Waals surface area contributed by atoms with Gasteiger partial charge in [0.15, 0.2) is 0 Å². The minimum absolute atomic E-state index is 0.235. The average molecular weight is 391 g/mol. The first-order valence-corrected chi connectivity index (χ1v) is 9.83. The Morgan fingerprint density at radius 2 is 1.63 bits per heavy atom. The summed E-state index contributed by atoms with van der Waals surface area (Å²) < 4.78 is 30.3. The fourth-order valence-electron chi connectivity index (χ4n) is 2.36. The van der Waals surface area contributed by atoms with Crippen LogP contribution >= 0.6 is 0 Å². The van der Waals surface area contributed by atoms with Crippen LogP contribution in [0.15, 0.2) is 48.5 Å². The maximum absolute atomic E-state index is 12.4. The first kappa shape index (κ1) is 20.2. The van der Waals surface area contributed by atoms with Gasteiger partial charge in [-0.3, -0.25) is 13.9 Å². The number of sulfonamides is 1. The van der Waals surface area contributed by atoms with Crippen LogP contribution in [0.2, 0.25) is 0 Å². The second-order valence-corrected chi connectivity index (χ2v) is 7.68. The number of benzene rings is 2. The van der Waals surface area contributed by atoms with Crippen molar-refractivity contribution in [2.24, 2.45) is 0 Å². The van der Waals surface area contributed by atoms with E-state index in [0.717, 1.165) is 10.6 Å². The molecule has 0 aromatic heterocycles. The Hall–Kier alpha value is -3.07. The SMILES string of the molecule is COc1ccc(N(CC(=O)Nc2cccc(NC(C)=O)c2)S(C)(=O)=O)cc1. The van der Waals surface area contributed by atoms with Gasteiger partial charge in [-0.15, -0.1) is 0 Å². The number of nitrogens with zero attached hydrogens (tertiary/aromatic N) is 1. The van der Waals surface area contributed by atoms with Crippen LogP contribution in [0.5, 0.6) is 5.75 Å². The van der Waals surface area contributed by atoms with E-state index in [9.17, 15) is 18.0 Å². The van der Waals surface area contributed by atoms with E-state index in [2.05, 4.69) is 10.6 Å². The van der Waals surface area contributed by atoms with Crippen molar-refractivity contribution in [3.05, 3.63) is 48.5 Å². The highest BCUT2D eigenvalue weighted by atomic mass is 32.2. The van der Waals surface area contributed by atoms with Crippen LogP contribution in [-0.4, -0.2) is 40.1 Å². The lowest BCUT2D eigenvalue weighted by atomic mass is 10.2. The van der Waals surface area contributed by atoms with Gasteiger partial charge in [0.05, 0.1) is 19.1 Å². The predicted molar refractivity (Wildman–Crippen MR) is 105 cm³/mol. The largest absolute Gasteiger partial charge is 0.497 e.